The Morgan fingerprint density at radius 3 is 2.73 bits per heavy atom. The largest absolute Gasteiger partial charge is 0.460 e. The van der Waals surface area contributed by atoms with Crippen LogP contribution in [-0.4, -0.2) is 30.7 Å². The molecule has 0 aliphatic carbocycles. The smallest absolute Gasteiger partial charge is 0.387 e. The van der Waals surface area contributed by atoms with Gasteiger partial charge in [-0.25, -0.2) is 9.38 Å². The number of amidine groups is 1. The van der Waals surface area contributed by atoms with Crippen LogP contribution in [0.3, 0.4) is 0 Å². The van der Waals surface area contributed by atoms with Crippen molar-refractivity contribution in [3.63, 3.8) is 0 Å². The molecule has 7 nitrogen and oxygen atoms in total. The van der Waals surface area contributed by atoms with Gasteiger partial charge in [-0.2, -0.15) is 14.3 Å². The summed E-state index contributed by atoms with van der Waals surface area (Å²) in [5.41, 5.74) is 4.41. The zero-order valence-electron chi connectivity index (χ0n) is 17.3. The monoisotopic (exact) mass is 457 g/mol. The van der Waals surface area contributed by atoms with E-state index in [2.05, 4.69) is 25.0 Å². The maximum absolute atomic E-state index is 13.7. The van der Waals surface area contributed by atoms with Crippen molar-refractivity contribution in [3.8, 4) is 16.9 Å². The third kappa shape index (κ3) is 4.59. The molecule has 10 heteroatoms. The first-order valence-electron chi connectivity index (χ1n) is 9.76. The molecule has 170 valence electrons. The molecular weight excluding hydrogens is 439 g/mol. The van der Waals surface area contributed by atoms with Crippen molar-refractivity contribution in [1.29, 1.82) is 0 Å². The number of alkyl halides is 2. The van der Waals surface area contributed by atoms with Crippen molar-refractivity contribution in [2.24, 2.45) is 4.99 Å². The number of rotatable bonds is 7. The van der Waals surface area contributed by atoms with E-state index in [9.17, 15) is 18.0 Å². The summed E-state index contributed by atoms with van der Waals surface area (Å²) in [5, 5.41) is 0. The van der Waals surface area contributed by atoms with Crippen LogP contribution >= 0.6 is 0 Å². The Bertz CT molecular complexity index is 1210. The molecule has 2 aromatic carbocycles. The molecule has 1 N–H and O–H groups in total. The van der Waals surface area contributed by atoms with E-state index in [1.54, 1.807) is 25.1 Å². The van der Waals surface area contributed by atoms with Crippen molar-refractivity contribution in [2.45, 2.75) is 19.1 Å². The zero-order chi connectivity index (χ0) is 23.4. The summed E-state index contributed by atoms with van der Waals surface area (Å²) in [6, 6.07) is 13.1. The molecule has 0 saturated carbocycles. The van der Waals surface area contributed by atoms with Crippen LogP contribution in [0.5, 0.6) is 5.75 Å². The molecule has 0 radical (unpaired) electrons. The first-order valence-corrected chi connectivity index (χ1v) is 9.76. The van der Waals surface area contributed by atoms with Crippen LogP contribution in [0.1, 0.15) is 16.7 Å². The maximum Gasteiger partial charge on any atom is 0.387 e. The van der Waals surface area contributed by atoms with Crippen molar-refractivity contribution in [3.05, 3.63) is 83.4 Å². The number of carbonyl (C=O) groups is 1. The molecule has 0 bridgehead atoms. The maximum atomic E-state index is 13.7. The molecular formula is C23H18F3N3O4. The van der Waals surface area contributed by atoms with Crippen LogP contribution in [0.15, 0.2) is 65.9 Å². The van der Waals surface area contributed by atoms with E-state index in [1.807, 2.05) is 12.1 Å². The van der Waals surface area contributed by atoms with E-state index in [1.165, 1.54) is 24.4 Å². The topological polar surface area (TPSA) is 82.0 Å². The van der Waals surface area contributed by atoms with Crippen molar-refractivity contribution in [1.82, 2.24) is 10.5 Å². The number of nitrogens with one attached hydrogen (secondary N) is 1. The molecule has 3 aromatic rings. The Morgan fingerprint density at radius 1 is 1.15 bits per heavy atom. The SMILES string of the molecule is Cc1cc(OC(F)F)ccc1C1(c2cccc(-c3cncc(F)c3)c2)COC(NOC=O)=N1. The lowest BCUT2D eigenvalue weighted by atomic mass is 9.81. The minimum Gasteiger partial charge on any atom is -0.460 e. The number of aliphatic imine (C=N–C) groups is 1. The lowest BCUT2D eigenvalue weighted by Gasteiger charge is -2.27. The normalized spacial score (nSPS) is 17.3. The Kier molecular flexibility index (Phi) is 6.16. The number of benzene rings is 2. The summed E-state index contributed by atoms with van der Waals surface area (Å²) in [6.45, 7) is -1.01. The highest BCUT2D eigenvalue weighted by atomic mass is 19.3. The Morgan fingerprint density at radius 2 is 2.00 bits per heavy atom. The number of aromatic nitrogens is 1. The summed E-state index contributed by atoms with van der Waals surface area (Å²) in [4.78, 5) is 23.6. The van der Waals surface area contributed by atoms with E-state index in [4.69, 9.17) is 4.74 Å². The number of ether oxygens (including phenoxy) is 2. The summed E-state index contributed by atoms with van der Waals surface area (Å²) >= 11 is 0. The Hall–Kier alpha value is -4.08. The molecule has 1 aliphatic rings. The Balaban J connectivity index is 1.83. The number of nitrogens with zero attached hydrogens (tertiary/aromatic N) is 2. The molecule has 1 atom stereocenters. The summed E-state index contributed by atoms with van der Waals surface area (Å²) in [6.07, 6.45) is 2.65. The van der Waals surface area contributed by atoms with Crippen LogP contribution in [0, 0.1) is 12.7 Å². The molecule has 33 heavy (non-hydrogen) atoms. The standard InChI is InChI=1S/C23H18F3N3O4/c1-14-7-19(33-21(25)26)5-6-20(14)23(12-31-22(28-23)29-32-13-30)17-4-2-3-15(8-17)16-9-18(24)11-27-10-16/h2-11,13,21H,12H2,1H3,(H,28,29). The fraction of sp³-hybridized carbons (Fsp3) is 0.174. The molecule has 2 heterocycles. The van der Waals surface area contributed by atoms with Gasteiger partial charge in [0.25, 0.3) is 0 Å². The molecule has 1 aromatic heterocycles. The predicted octanol–water partition coefficient (Wildman–Crippen LogP) is 4.10. The van der Waals surface area contributed by atoms with Crippen LogP contribution in [-0.2, 0) is 19.9 Å². The van der Waals surface area contributed by atoms with Crippen molar-refractivity contribution in [2.75, 3.05) is 6.61 Å². The first-order chi connectivity index (χ1) is 15.9. The molecule has 0 saturated heterocycles. The van der Waals surface area contributed by atoms with Gasteiger partial charge in [-0.3, -0.25) is 9.78 Å². The third-order valence-corrected chi connectivity index (χ3v) is 5.15. The molecule has 4 rings (SSSR count). The summed E-state index contributed by atoms with van der Waals surface area (Å²) in [5.74, 6) is -0.468. The molecule has 1 unspecified atom stereocenters. The van der Waals surface area contributed by atoms with Gasteiger partial charge in [0, 0.05) is 11.8 Å². The van der Waals surface area contributed by atoms with Gasteiger partial charge in [-0.15, -0.1) is 0 Å². The lowest BCUT2D eigenvalue weighted by Crippen LogP contribution is -2.28. The number of hydrogen-bond acceptors (Lipinski definition) is 7. The summed E-state index contributed by atoms with van der Waals surface area (Å²) in [7, 11) is 0. The molecule has 1 aliphatic heterocycles. The predicted molar refractivity (Wildman–Crippen MR) is 112 cm³/mol. The van der Waals surface area contributed by atoms with Gasteiger partial charge in [0.05, 0.1) is 6.20 Å². The number of carbonyl (C=O) groups excluding carboxylic acids is 1. The number of hydrogen-bond donors (Lipinski definition) is 1. The van der Waals surface area contributed by atoms with E-state index in [-0.39, 0.29) is 24.9 Å². The van der Waals surface area contributed by atoms with E-state index >= 15 is 0 Å². The highest BCUT2D eigenvalue weighted by molar-refractivity contribution is 5.77. The van der Waals surface area contributed by atoms with Gasteiger partial charge in [0.1, 0.15) is 18.2 Å². The first kappa shape index (κ1) is 22.1. The second-order valence-electron chi connectivity index (χ2n) is 7.21. The van der Waals surface area contributed by atoms with Crippen molar-refractivity contribution >= 4 is 12.5 Å². The fourth-order valence-electron chi connectivity index (χ4n) is 3.78. The number of pyridine rings is 1. The number of hydroxylamine groups is 1. The Labute approximate surface area is 186 Å². The van der Waals surface area contributed by atoms with E-state index in [0.717, 1.165) is 6.20 Å². The molecule has 0 fully saturated rings. The zero-order valence-corrected chi connectivity index (χ0v) is 17.3. The van der Waals surface area contributed by atoms with E-state index in [0.29, 0.717) is 27.8 Å². The van der Waals surface area contributed by atoms with Gasteiger partial charge < -0.3 is 14.3 Å². The van der Waals surface area contributed by atoms with Gasteiger partial charge in [0.15, 0.2) is 5.54 Å². The summed E-state index contributed by atoms with van der Waals surface area (Å²) < 4.78 is 49.2. The van der Waals surface area contributed by atoms with Gasteiger partial charge in [-0.1, -0.05) is 24.3 Å². The van der Waals surface area contributed by atoms with Gasteiger partial charge in [-0.05, 0) is 53.4 Å². The minimum atomic E-state index is -2.95. The quantitative estimate of drug-likeness (QED) is 0.425. The van der Waals surface area contributed by atoms with Crippen LogP contribution < -0.4 is 10.2 Å². The average Bonchev–Trinajstić information content (AvgIpc) is 3.22. The highest BCUT2D eigenvalue weighted by Crippen LogP contribution is 2.41. The minimum absolute atomic E-state index is 0.00603. The van der Waals surface area contributed by atoms with Gasteiger partial charge >= 0.3 is 19.1 Å². The van der Waals surface area contributed by atoms with Gasteiger partial charge in [0.2, 0.25) is 0 Å². The number of aryl methyl sites for hydroxylation is 1. The second kappa shape index (κ2) is 9.19. The fourth-order valence-corrected chi connectivity index (χ4v) is 3.78. The van der Waals surface area contributed by atoms with Crippen LogP contribution in [0.2, 0.25) is 0 Å². The van der Waals surface area contributed by atoms with E-state index < -0.39 is 18.0 Å². The second-order valence-corrected chi connectivity index (χ2v) is 7.21. The molecule has 0 spiro atoms. The van der Waals surface area contributed by atoms with Crippen LogP contribution in [0.4, 0.5) is 13.2 Å². The molecule has 0 amide bonds. The van der Waals surface area contributed by atoms with Crippen LogP contribution in [0.25, 0.3) is 11.1 Å². The third-order valence-electron chi connectivity index (χ3n) is 5.15. The van der Waals surface area contributed by atoms with Crippen molar-refractivity contribution < 1.29 is 32.3 Å². The average molecular weight is 457 g/mol. The lowest BCUT2D eigenvalue weighted by molar-refractivity contribution is -0.132. The highest BCUT2D eigenvalue weighted by Gasteiger charge is 2.42. The number of halogens is 3.